The Kier molecular flexibility index (Phi) is 1.69. The molecule has 5 heteroatoms. The van der Waals surface area contributed by atoms with E-state index >= 15 is 0 Å². The first-order valence-corrected chi connectivity index (χ1v) is 4.15. The topological polar surface area (TPSA) is 43.4 Å². The third-order valence-electron chi connectivity index (χ3n) is 1.67. The van der Waals surface area contributed by atoms with E-state index in [9.17, 15) is 14.0 Å². The van der Waals surface area contributed by atoms with Gasteiger partial charge in [0.05, 0.1) is 10.0 Å². The van der Waals surface area contributed by atoms with Crippen molar-refractivity contribution in [1.29, 1.82) is 0 Å². The minimum atomic E-state index is -0.971. The van der Waals surface area contributed by atoms with Crippen molar-refractivity contribution in [2.75, 3.05) is 0 Å². The first kappa shape index (κ1) is 8.37. The first-order valence-electron chi connectivity index (χ1n) is 3.36. The molecule has 0 fully saturated rings. The number of carbonyl (C=O) groups is 2. The van der Waals surface area contributed by atoms with E-state index in [2.05, 4.69) is 20.7 Å². The first-order chi connectivity index (χ1) is 6.11. The Balaban J connectivity index is 2.73. The van der Waals surface area contributed by atoms with Crippen molar-refractivity contribution in [2.45, 2.75) is 0 Å². The van der Waals surface area contributed by atoms with Crippen LogP contribution < -0.4 is 4.74 Å². The van der Waals surface area contributed by atoms with Crippen LogP contribution in [0.15, 0.2) is 16.6 Å². The summed E-state index contributed by atoms with van der Waals surface area (Å²) >= 11 is 2.87. The van der Waals surface area contributed by atoms with E-state index < -0.39 is 17.6 Å². The molecule has 1 aliphatic rings. The molecular formula is C8H2BrFO3. The number of esters is 1. The van der Waals surface area contributed by atoms with Gasteiger partial charge in [-0.3, -0.25) is 4.79 Å². The number of benzene rings is 1. The van der Waals surface area contributed by atoms with Crippen molar-refractivity contribution >= 4 is 27.7 Å². The lowest BCUT2D eigenvalue weighted by Gasteiger charge is -1.97. The van der Waals surface area contributed by atoms with Gasteiger partial charge in [-0.25, -0.2) is 9.18 Å². The normalized spacial score (nSPS) is 14.3. The van der Waals surface area contributed by atoms with Gasteiger partial charge in [-0.15, -0.1) is 0 Å². The summed E-state index contributed by atoms with van der Waals surface area (Å²) in [5, 5.41) is 0. The molecule has 1 heterocycles. The van der Waals surface area contributed by atoms with E-state index in [1.165, 1.54) is 6.07 Å². The van der Waals surface area contributed by atoms with Crippen LogP contribution in [0, 0.1) is 5.82 Å². The van der Waals surface area contributed by atoms with Crippen molar-refractivity contribution < 1.29 is 18.7 Å². The number of hydrogen-bond acceptors (Lipinski definition) is 3. The number of carbonyl (C=O) groups excluding carboxylic acids is 2. The van der Waals surface area contributed by atoms with Crippen molar-refractivity contribution in [3.8, 4) is 5.75 Å². The molecule has 0 N–H and O–H groups in total. The van der Waals surface area contributed by atoms with Crippen molar-refractivity contribution in [3.63, 3.8) is 0 Å². The maximum atomic E-state index is 12.9. The lowest BCUT2D eigenvalue weighted by molar-refractivity contribution is -0.128. The van der Waals surface area contributed by atoms with Gasteiger partial charge in [-0.05, 0) is 28.1 Å². The molecule has 1 aromatic rings. The van der Waals surface area contributed by atoms with Crippen LogP contribution in [0.25, 0.3) is 0 Å². The third-order valence-corrected chi connectivity index (χ3v) is 2.45. The summed E-state index contributed by atoms with van der Waals surface area (Å²) < 4.78 is 17.5. The Morgan fingerprint density at radius 2 is 2.00 bits per heavy atom. The monoisotopic (exact) mass is 244 g/mol. The number of Topliss-reactive ketones (excluding diaryl/α,β-unsaturated/α-hetero) is 1. The number of ether oxygens (including phenoxy) is 1. The zero-order valence-electron chi connectivity index (χ0n) is 6.14. The SMILES string of the molecule is O=C1Oc2ccc(F)c(Br)c2C1=O. The van der Waals surface area contributed by atoms with Gasteiger partial charge in [-0.1, -0.05) is 0 Å². The fraction of sp³-hybridized carbons (Fsp3) is 0. The average molecular weight is 245 g/mol. The molecule has 0 unspecified atom stereocenters. The van der Waals surface area contributed by atoms with Crippen LogP contribution in [0.1, 0.15) is 10.4 Å². The molecule has 0 saturated carbocycles. The van der Waals surface area contributed by atoms with Gasteiger partial charge in [0.15, 0.2) is 0 Å². The molecule has 1 aliphatic heterocycles. The summed E-state index contributed by atoms with van der Waals surface area (Å²) in [6, 6.07) is 2.37. The maximum Gasteiger partial charge on any atom is 0.385 e. The van der Waals surface area contributed by atoms with E-state index in [0.717, 1.165) is 6.07 Å². The standard InChI is InChI=1S/C8H2BrFO3/c9-6-3(10)1-2-4-5(6)7(11)8(12)13-4/h1-2H. The van der Waals surface area contributed by atoms with E-state index in [0.29, 0.717) is 0 Å². The summed E-state index contributed by atoms with van der Waals surface area (Å²) in [5.41, 5.74) is -0.0370. The van der Waals surface area contributed by atoms with E-state index in [4.69, 9.17) is 0 Å². The van der Waals surface area contributed by atoms with Crippen molar-refractivity contribution in [2.24, 2.45) is 0 Å². The second kappa shape index (κ2) is 2.63. The highest BCUT2D eigenvalue weighted by Crippen LogP contribution is 2.33. The number of ketones is 1. The Morgan fingerprint density at radius 3 is 2.69 bits per heavy atom. The van der Waals surface area contributed by atoms with Crippen LogP contribution in [-0.4, -0.2) is 11.8 Å². The summed E-state index contributed by atoms with van der Waals surface area (Å²) in [6.45, 7) is 0. The summed E-state index contributed by atoms with van der Waals surface area (Å²) in [4.78, 5) is 21.9. The van der Waals surface area contributed by atoms with Crippen LogP contribution >= 0.6 is 15.9 Å². The minimum Gasteiger partial charge on any atom is -0.420 e. The molecule has 0 atom stereocenters. The van der Waals surface area contributed by atoms with Gasteiger partial charge in [-0.2, -0.15) is 0 Å². The predicted molar refractivity (Wildman–Crippen MR) is 44.1 cm³/mol. The summed E-state index contributed by atoms with van der Waals surface area (Å²) in [5.74, 6) is -2.28. The Labute approximate surface area is 80.6 Å². The molecule has 0 aromatic heterocycles. The average Bonchev–Trinajstić information content (AvgIpc) is 2.37. The number of fused-ring (bicyclic) bond motifs is 1. The van der Waals surface area contributed by atoms with Gasteiger partial charge in [0.25, 0.3) is 5.78 Å². The fourth-order valence-corrected chi connectivity index (χ4v) is 1.59. The smallest absolute Gasteiger partial charge is 0.385 e. The zero-order chi connectivity index (χ0) is 9.59. The second-order valence-corrected chi connectivity index (χ2v) is 3.25. The van der Waals surface area contributed by atoms with Crippen LogP contribution in [-0.2, 0) is 4.79 Å². The van der Waals surface area contributed by atoms with Crippen LogP contribution in [0.3, 0.4) is 0 Å². The Hall–Kier alpha value is -1.23. The molecule has 0 radical (unpaired) electrons. The van der Waals surface area contributed by atoms with Gasteiger partial charge < -0.3 is 4.74 Å². The number of rotatable bonds is 0. The maximum absolute atomic E-state index is 12.9. The molecule has 0 saturated heterocycles. The van der Waals surface area contributed by atoms with Crippen LogP contribution in [0.4, 0.5) is 4.39 Å². The van der Waals surface area contributed by atoms with Crippen molar-refractivity contribution in [3.05, 3.63) is 28.0 Å². The lowest BCUT2D eigenvalue weighted by Crippen LogP contribution is -2.10. The molecule has 0 spiro atoms. The predicted octanol–water partition coefficient (Wildman–Crippen LogP) is 1.69. The number of hydrogen-bond donors (Lipinski definition) is 0. The van der Waals surface area contributed by atoms with Gasteiger partial charge >= 0.3 is 5.97 Å². The van der Waals surface area contributed by atoms with Crippen LogP contribution in [0.2, 0.25) is 0 Å². The highest BCUT2D eigenvalue weighted by atomic mass is 79.9. The molecule has 66 valence electrons. The quantitative estimate of drug-likeness (QED) is 0.397. The van der Waals surface area contributed by atoms with Gasteiger partial charge in [0.2, 0.25) is 0 Å². The summed E-state index contributed by atoms with van der Waals surface area (Å²) in [6.07, 6.45) is 0. The number of halogens is 2. The van der Waals surface area contributed by atoms with Gasteiger partial charge in [0.1, 0.15) is 11.6 Å². The largest absolute Gasteiger partial charge is 0.420 e. The second-order valence-electron chi connectivity index (χ2n) is 2.45. The molecule has 0 amide bonds. The molecule has 3 nitrogen and oxygen atoms in total. The van der Waals surface area contributed by atoms with E-state index in [1.54, 1.807) is 0 Å². The fourth-order valence-electron chi connectivity index (χ4n) is 1.08. The van der Waals surface area contributed by atoms with Gasteiger partial charge in [0, 0.05) is 0 Å². The van der Waals surface area contributed by atoms with E-state index in [-0.39, 0.29) is 15.8 Å². The highest BCUT2D eigenvalue weighted by Gasteiger charge is 2.34. The van der Waals surface area contributed by atoms with Crippen molar-refractivity contribution in [1.82, 2.24) is 0 Å². The third kappa shape index (κ3) is 1.07. The molecule has 2 rings (SSSR count). The molecule has 13 heavy (non-hydrogen) atoms. The minimum absolute atomic E-state index is 0.0270. The Bertz CT molecular complexity index is 428. The zero-order valence-corrected chi connectivity index (χ0v) is 7.72. The lowest BCUT2D eigenvalue weighted by atomic mass is 10.1. The summed E-state index contributed by atoms with van der Waals surface area (Å²) in [7, 11) is 0. The van der Waals surface area contributed by atoms with Crippen LogP contribution in [0.5, 0.6) is 5.75 Å². The molecule has 1 aromatic carbocycles. The molecule has 0 aliphatic carbocycles. The molecule has 0 bridgehead atoms. The Morgan fingerprint density at radius 1 is 1.31 bits per heavy atom. The highest BCUT2D eigenvalue weighted by molar-refractivity contribution is 9.10. The molecular weight excluding hydrogens is 243 g/mol. The van der Waals surface area contributed by atoms with E-state index in [1.807, 2.05) is 0 Å².